The Morgan fingerprint density at radius 1 is 1.55 bits per heavy atom. The Bertz CT molecular complexity index is 477. The molecule has 1 aromatic rings. The van der Waals surface area contributed by atoms with E-state index in [1.54, 1.807) is 0 Å². The van der Waals surface area contributed by atoms with Crippen LogP contribution in [0.2, 0.25) is 0 Å². The molecule has 5 nitrogen and oxygen atoms in total. The van der Waals surface area contributed by atoms with E-state index in [1.807, 2.05) is 36.2 Å². The van der Waals surface area contributed by atoms with Gasteiger partial charge in [0.05, 0.1) is 11.0 Å². The molecular formula is C14H20BrN3O2. The highest BCUT2D eigenvalue weighted by molar-refractivity contribution is 9.10. The van der Waals surface area contributed by atoms with Crippen molar-refractivity contribution in [3.05, 3.63) is 28.7 Å². The van der Waals surface area contributed by atoms with Crippen LogP contribution in [0.3, 0.4) is 0 Å². The second-order valence-corrected chi connectivity index (χ2v) is 5.79. The largest absolute Gasteiger partial charge is 0.490 e. The Balaban J connectivity index is 1.76. The van der Waals surface area contributed by atoms with E-state index in [9.17, 15) is 5.11 Å². The van der Waals surface area contributed by atoms with Gasteiger partial charge in [0, 0.05) is 13.1 Å². The Kier molecular flexibility index (Phi) is 5.25. The highest BCUT2D eigenvalue weighted by atomic mass is 79.9. The molecule has 1 saturated carbocycles. The SMILES string of the molecule is CN(C(N)=NCC(O)COc1ccccc1Br)C1CC1. The number of aliphatic hydroxyl groups excluding tert-OH is 1. The summed E-state index contributed by atoms with van der Waals surface area (Å²) in [6.45, 7) is 0.430. The number of nitrogens with zero attached hydrogens (tertiary/aromatic N) is 2. The first-order valence-corrected chi connectivity index (χ1v) is 7.45. The number of rotatable bonds is 6. The lowest BCUT2D eigenvalue weighted by molar-refractivity contribution is 0.114. The van der Waals surface area contributed by atoms with Crippen LogP contribution in [0.1, 0.15) is 12.8 Å². The Morgan fingerprint density at radius 2 is 2.25 bits per heavy atom. The summed E-state index contributed by atoms with van der Waals surface area (Å²) in [6, 6.07) is 8.05. The number of aliphatic imine (C=N–C) groups is 1. The predicted molar refractivity (Wildman–Crippen MR) is 82.9 cm³/mol. The van der Waals surface area contributed by atoms with Gasteiger partial charge in [0.15, 0.2) is 5.96 Å². The van der Waals surface area contributed by atoms with Crippen LogP contribution in [0.5, 0.6) is 5.75 Å². The smallest absolute Gasteiger partial charge is 0.191 e. The standard InChI is InChI=1S/C14H20BrN3O2/c1-18(10-6-7-10)14(16)17-8-11(19)9-20-13-5-3-2-4-12(13)15/h2-5,10-11,19H,6-9H2,1H3,(H2,16,17). The highest BCUT2D eigenvalue weighted by Gasteiger charge is 2.27. The van der Waals surface area contributed by atoms with Crippen molar-refractivity contribution in [2.75, 3.05) is 20.2 Å². The Labute approximate surface area is 127 Å². The van der Waals surface area contributed by atoms with Crippen molar-refractivity contribution in [3.8, 4) is 5.75 Å². The Hall–Kier alpha value is -1.27. The highest BCUT2D eigenvalue weighted by Crippen LogP contribution is 2.25. The van der Waals surface area contributed by atoms with Crippen LogP contribution in [-0.2, 0) is 0 Å². The van der Waals surface area contributed by atoms with Gasteiger partial charge in [-0.15, -0.1) is 0 Å². The molecule has 0 aliphatic heterocycles. The normalized spacial score (nSPS) is 16.9. The number of hydrogen-bond acceptors (Lipinski definition) is 3. The summed E-state index contributed by atoms with van der Waals surface area (Å²) in [7, 11) is 1.93. The zero-order chi connectivity index (χ0) is 14.5. The zero-order valence-corrected chi connectivity index (χ0v) is 13.1. The molecule has 1 aromatic carbocycles. The van der Waals surface area contributed by atoms with Gasteiger partial charge in [-0.05, 0) is 40.9 Å². The molecule has 1 atom stereocenters. The molecule has 0 spiro atoms. The average Bonchev–Trinajstić information content (AvgIpc) is 3.27. The molecular weight excluding hydrogens is 322 g/mol. The summed E-state index contributed by atoms with van der Waals surface area (Å²) in [5, 5.41) is 9.86. The van der Waals surface area contributed by atoms with E-state index in [1.165, 1.54) is 12.8 Å². The number of ether oxygens (including phenoxy) is 1. The monoisotopic (exact) mass is 341 g/mol. The predicted octanol–water partition coefficient (Wildman–Crippen LogP) is 1.60. The van der Waals surface area contributed by atoms with Gasteiger partial charge in [-0.1, -0.05) is 12.1 Å². The molecule has 110 valence electrons. The average molecular weight is 342 g/mol. The maximum Gasteiger partial charge on any atom is 0.191 e. The molecule has 20 heavy (non-hydrogen) atoms. The topological polar surface area (TPSA) is 71.1 Å². The van der Waals surface area contributed by atoms with Crippen LogP contribution in [0.15, 0.2) is 33.7 Å². The molecule has 0 radical (unpaired) electrons. The van der Waals surface area contributed by atoms with Gasteiger partial charge in [-0.2, -0.15) is 0 Å². The first-order chi connectivity index (χ1) is 9.58. The molecule has 0 amide bonds. The van der Waals surface area contributed by atoms with Gasteiger partial charge in [-0.25, -0.2) is 0 Å². The van der Waals surface area contributed by atoms with Crippen molar-refractivity contribution in [2.24, 2.45) is 10.7 Å². The third-order valence-corrected chi connectivity index (χ3v) is 3.84. The van der Waals surface area contributed by atoms with Crippen LogP contribution in [0, 0.1) is 0 Å². The van der Waals surface area contributed by atoms with E-state index in [0.717, 1.165) is 4.47 Å². The number of para-hydroxylation sites is 1. The van der Waals surface area contributed by atoms with Gasteiger partial charge >= 0.3 is 0 Å². The summed E-state index contributed by atoms with van der Waals surface area (Å²) in [5.41, 5.74) is 5.85. The number of halogens is 1. The van der Waals surface area contributed by atoms with E-state index in [4.69, 9.17) is 10.5 Å². The van der Waals surface area contributed by atoms with Crippen molar-refractivity contribution in [1.82, 2.24) is 4.90 Å². The summed E-state index contributed by atoms with van der Waals surface area (Å²) in [5.74, 6) is 1.19. The first kappa shape index (κ1) is 15.1. The molecule has 2 rings (SSSR count). The molecule has 1 unspecified atom stereocenters. The van der Waals surface area contributed by atoms with E-state index in [-0.39, 0.29) is 13.2 Å². The van der Waals surface area contributed by atoms with Crippen LogP contribution < -0.4 is 10.5 Å². The van der Waals surface area contributed by atoms with Crippen molar-refractivity contribution in [3.63, 3.8) is 0 Å². The minimum atomic E-state index is -0.673. The minimum Gasteiger partial charge on any atom is -0.490 e. The fraction of sp³-hybridized carbons (Fsp3) is 0.500. The van der Waals surface area contributed by atoms with Gasteiger partial charge in [0.2, 0.25) is 0 Å². The number of benzene rings is 1. The van der Waals surface area contributed by atoms with Crippen LogP contribution >= 0.6 is 15.9 Å². The van der Waals surface area contributed by atoms with Gasteiger partial charge < -0.3 is 20.5 Å². The molecule has 0 saturated heterocycles. The number of nitrogens with two attached hydrogens (primary N) is 1. The molecule has 3 N–H and O–H groups in total. The van der Waals surface area contributed by atoms with E-state index in [2.05, 4.69) is 20.9 Å². The number of hydrogen-bond donors (Lipinski definition) is 2. The minimum absolute atomic E-state index is 0.187. The summed E-state index contributed by atoms with van der Waals surface area (Å²) < 4.78 is 6.40. The number of aliphatic hydroxyl groups is 1. The second-order valence-electron chi connectivity index (χ2n) is 4.94. The van der Waals surface area contributed by atoms with Gasteiger partial charge in [-0.3, -0.25) is 4.99 Å². The van der Waals surface area contributed by atoms with Crippen LogP contribution in [0.4, 0.5) is 0 Å². The van der Waals surface area contributed by atoms with Crippen molar-refractivity contribution in [1.29, 1.82) is 0 Å². The third kappa shape index (κ3) is 4.38. The lowest BCUT2D eigenvalue weighted by Crippen LogP contribution is -2.36. The van der Waals surface area contributed by atoms with Gasteiger partial charge in [0.25, 0.3) is 0 Å². The first-order valence-electron chi connectivity index (χ1n) is 6.66. The molecule has 0 heterocycles. The van der Waals surface area contributed by atoms with Crippen LogP contribution in [0.25, 0.3) is 0 Å². The fourth-order valence-corrected chi connectivity index (χ4v) is 2.16. The Morgan fingerprint density at radius 3 is 2.90 bits per heavy atom. The molecule has 6 heteroatoms. The summed E-state index contributed by atoms with van der Waals surface area (Å²) >= 11 is 3.39. The fourth-order valence-electron chi connectivity index (χ4n) is 1.76. The number of guanidine groups is 1. The van der Waals surface area contributed by atoms with Crippen LogP contribution in [-0.4, -0.2) is 48.3 Å². The van der Waals surface area contributed by atoms with E-state index >= 15 is 0 Å². The maximum atomic E-state index is 9.86. The maximum absolute atomic E-state index is 9.86. The summed E-state index contributed by atoms with van der Waals surface area (Å²) in [6.07, 6.45) is 1.66. The third-order valence-electron chi connectivity index (χ3n) is 3.19. The quantitative estimate of drug-likeness (QED) is 0.609. The molecule has 1 fully saturated rings. The molecule has 0 bridgehead atoms. The molecule has 1 aliphatic rings. The zero-order valence-electron chi connectivity index (χ0n) is 11.5. The lowest BCUT2D eigenvalue weighted by Gasteiger charge is -2.18. The molecule has 0 aromatic heterocycles. The van der Waals surface area contributed by atoms with Crippen molar-refractivity contribution < 1.29 is 9.84 Å². The summed E-state index contributed by atoms with van der Waals surface area (Å²) in [4.78, 5) is 6.16. The van der Waals surface area contributed by atoms with Gasteiger partial charge in [0.1, 0.15) is 18.5 Å². The lowest BCUT2D eigenvalue weighted by atomic mass is 10.3. The van der Waals surface area contributed by atoms with E-state index < -0.39 is 6.10 Å². The molecule has 1 aliphatic carbocycles. The second kappa shape index (κ2) is 6.95. The van der Waals surface area contributed by atoms with Crippen molar-refractivity contribution >= 4 is 21.9 Å². The van der Waals surface area contributed by atoms with Crippen molar-refractivity contribution in [2.45, 2.75) is 25.0 Å². The van der Waals surface area contributed by atoms with E-state index in [0.29, 0.717) is 17.8 Å².